The molecule has 0 fully saturated rings. The van der Waals surface area contributed by atoms with Gasteiger partial charge in [-0.25, -0.2) is 14.3 Å². The fraction of sp³-hybridized carbons (Fsp3) is 0.375. The molecule has 0 atom stereocenters. The number of carboxylic acid groups (broad SMARTS) is 1. The van der Waals surface area contributed by atoms with Gasteiger partial charge in [0.15, 0.2) is 5.69 Å². The van der Waals surface area contributed by atoms with Crippen LogP contribution in [0.3, 0.4) is 0 Å². The van der Waals surface area contributed by atoms with E-state index in [9.17, 15) is 14.7 Å². The van der Waals surface area contributed by atoms with E-state index in [0.717, 1.165) is 24.0 Å². The van der Waals surface area contributed by atoms with Gasteiger partial charge in [-0.05, 0) is 69.9 Å². The lowest BCUT2D eigenvalue weighted by Crippen LogP contribution is -2.37. The number of ether oxygens (including phenoxy) is 1. The molecule has 164 valence electrons. The Morgan fingerprint density at radius 2 is 1.87 bits per heavy atom. The molecule has 3 rings (SSSR count). The second-order valence-electron chi connectivity index (χ2n) is 8.65. The van der Waals surface area contributed by atoms with Crippen molar-refractivity contribution in [1.29, 1.82) is 0 Å². The van der Waals surface area contributed by atoms with Gasteiger partial charge in [-0.1, -0.05) is 30.4 Å². The Labute approximate surface area is 182 Å². The molecule has 31 heavy (non-hydrogen) atoms. The highest BCUT2D eigenvalue weighted by atomic mass is 16.6. The molecule has 0 unspecified atom stereocenters. The van der Waals surface area contributed by atoms with Crippen LogP contribution in [0.2, 0.25) is 0 Å². The predicted molar refractivity (Wildman–Crippen MR) is 118 cm³/mol. The van der Waals surface area contributed by atoms with Gasteiger partial charge in [0.25, 0.3) is 0 Å². The molecule has 1 aliphatic carbocycles. The van der Waals surface area contributed by atoms with Crippen LogP contribution in [-0.2, 0) is 11.3 Å². The Morgan fingerprint density at radius 3 is 2.45 bits per heavy atom. The maximum Gasteiger partial charge on any atom is 0.410 e. The Hall–Kier alpha value is -3.35. The monoisotopic (exact) mass is 423 g/mol. The van der Waals surface area contributed by atoms with Crippen LogP contribution in [0.5, 0.6) is 0 Å². The van der Waals surface area contributed by atoms with Gasteiger partial charge in [0.1, 0.15) is 5.60 Å². The number of amides is 1. The van der Waals surface area contributed by atoms with Gasteiger partial charge in [0.2, 0.25) is 0 Å². The molecule has 0 radical (unpaired) electrons. The Bertz CT molecular complexity index is 1010. The standard InChI is InChI=1S/C24H29N3O4/c1-17-14-21(22(28)29)27(25-17)20-12-10-19(11-13-20)16-26(23(30)31-24(2,3)4)15-18-8-6-5-7-9-18/h6,8-14H,5,7,15-16H2,1-4H3,(H,28,29). The Kier molecular flexibility index (Phi) is 6.63. The van der Waals surface area contributed by atoms with Crippen molar-refractivity contribution >= 4 is 12.1 Å². The lowest BCUT2D eigenvalue weighted by molar-refractivity contribution is 0.0252. The van der Waals surface area contributed by atoms with E-state index in [2.05, 4.69) is 23.3 Å². The molecule has 0 bridgehead atoms. The molecule has 0 aliphatic heterocycles. The summed E-state index contributed by atoms with van der Waals surface area (Å²) in [5.74, 6) is -1.03. The summed E-state index contributed by atoms with van der Waals surface area (Å²) >= 11 is 0. The first kappa shape index (κ1) is 22.3. The highest BCUT2D eigenvalue weighted by molar-refractivity contribution is 5.86. The molecule has 1 heterocycles. The summed E-state index contributed by atoms with van der Waals surface area (Å²) in [6.45, 7) is 8.15. The fourth-order valence-corrected chi connectivity index (χ4v) is 3.33. The summed E-state index contributed by atoms with van der Waals surface area (Å²) in [5, 5.41) is 13.7. The average Bonchev–Trinajstić information content (AvgIpc) is 3.10. The van der Waals surface area contributed by atoms with Crippen molar-refractivity contribution in [2.45, 2.75) is 52.7 Å². The summed E-state index contributed by atoms with van der Waals surface area (Å²) in [7, 11) is 0. The van der Waals surface area contributed by atoms with E-state index in [-0.39, 0.29) is 11.8 Å². The minimum absolute atomic E-state index is 0.108. The second-order valence-corrected chi connectivity index (χ2v) is 8.65. The third kappa shape index (κ3) is 6.07. The molecule has 1 aliphatic rings. The molecular weight excluding hydrogens is 394 g/mol. The summed E-state index contributed by atoms with van der Waals surface area (Å²) in [4.78, 5) is 26.0. The van der Waals surface area contributed by atoms with Crippen LogP contribution >= 0.6 is 0 Å². The Morgan fingerprint density at radius 1 is 1.16 bits per heavy atom. The number of carboxylic acids is 1. The number of benzene rings is 1. The van der Waals surface area contributed by atoms with Gasteiger partial charge >= 0.3 is 12.1 Å². The zero-order valence-corrected chi connectivity index (χ0v) is 18.5. The van der Waals surface area contributed by atoms with Crippen LogP contribution in [0.15, 0.2) is 54.1 Å². The van der Waals surface area contributed by atoms with Crippen molar-refractivity contribution in [3.63, 3.8) is 0 Å². The maximum atomic E-state index is 12.8. The number of hydrogen-bond acceptors (Lipinski definition) is 4. The molecule has 0 saturated carbocycles. The number of hydrogen-bond donors (Lipinski definition) is 1. The van der Waals surface area contributed by atoms with Gasteiger partial charge in [-0.3, -0.25) is 4.90 Å². The van der Waals surface area contributed by atoms with Gasteiger partial charge < -0.3 is 9.84 Å². The largest absolute Gasteiger partial charge is 0.477 e. The smallest absolute Gasteiger partial charge is 0.410 e. The lowest BCUT2D eigenvalue weighted by atomic mass is 10.1. The number of aryl methyl sites for hydroxylation is 1. The van der Waals surface area contributed by atoms with E-state index in [4.69, 9.17) is 4.74 Å². The van der Waals surface area contributed by atoms with Crippen LogP contribution in [0.25, 0.3) is 5.69 Å². The molecule has 7 heteroatoms. The molecule has 1 aromatic heterocycles. The second kappa shape index (κ2) is 9.20. The molecule has 2 aromatic rings. The summed E-state index contributed by atoms with van der Waals surface area (Å²) in [6.07, 6.45) is 7.93. The molecule has 1 N–H and O–H groups in total. The third-order valence-electron chi connectivity index (χ3n) is 4.70. The third-order valence-corrected chi connectivity index (χ3v) is 4.70. The quantitative estimate of drug-likeness (QED) is 0.715. The van der Waals surface area contributed by atoms with Crippen LogP contribution in [0, 0.1) is 6.92 Å². The van der Waals surface area contributed by atoms with E-state index in [1.165, 1.54) is 10.7 Å². The van der Waals surface area contributed by atoms with Crippen molar-refractivity contribution in [3.05, 3.63) is 71.1 Å². The minimum atomic E-state index is -1.03. The zero-order valence-electron chi connectivity index (χ0n) is 18.5. The van der Waals surface area contributed by atoms with Gasteiger partial charge in [-0.2, -0.15) is 5.10 Å². The number of carbonyl (C=O) groups excluding carboxylic acids is 1. The first-order valence-corrected chi connectivity index (χ1v) is 10.3. The normalized spacial score (nSPS) is 13.6. The van der Waals surface area contributed by atoms with Crippen LogP contribution in [0.1, 0.15) is 55.4 Å². The van der Waals surface area contributed by atoms with Crippen molar-refractivity contribution in [3.8, 4) is 5.69 Å². The first-order chi connectivity index (χ1) is 14.6. The van der Waals surface area contributed by atoms with Crippen molar-refractivity contribution in [2.24, 2.45) is 0 Å². The lowest BCUT2D eigenvalue weighted by Gasteiger charge is -2.28. The van der Waals surface area contributed by atoms with E-state index < -0.39 is 11.6 Å². The average molecular weight is 424 g/mol. The van der Waals surface area contributed by atoms with E-state index in [0.29, 0.717) is 24.5 Å². The SMILES string of the molecule is Cc1cc(C(=O)O)n(-c2ccc(CN(CC3=CCCC=C3)C(=O)OC(C)(C)C)cc2)n1. The number of nitrogens with zero attached hydrogens (tertiary/aromatic N) is 3. The summed E-state index contributed by atoms with van der Waals surface area (Å²) in [6, 6.07) is 8.90. The Balaban J connectivity index is 1.80. The number of carbonyl (C=O) groups is 2. The predicted octanol–water partition coefficient (Wildman–Crippen LogP) is 4.89. The van der Waals surface area contributed by atoms with Crippen LogP contribution in [0.4, 0.5) is 4.79 Å². The van der Waals surface area contributed by atoms with E-state index in [1.54, 1.807) is 24.0 Å². The van der Waals surface area contributed by atoms with Crippen molar-refractivity contribution in [1.82, 2.24) is 14.7 Å². The molecule has 1 aromatic carbocycles. The molecule has 0 saturated heterocycles. The number of rotatable bonds is 6. The molecule has 7 nitrogen and oxygen atoms in total. The summed E-state index contributed by atoms with van der Waals surface area (Å²) < 4.78 is 7.02. The van der Waals surface area contributed by atoms with Crippen molar-refractivity contribution < 1.29 is 19.4 Å². The first-order valence-electron chi connectivity index (χ1n) is 10.3. The highest BCUT2D eigenvalue weighted by Gasteiger charge is 2.23. The minimum Gasteiger partial charge on any atom is -0.477 e. The maximum absolute atomic E-state index is 12.8. The van der Waals surface area contributed by atoms with Crippen LogP contribution < -0.4 is 0 Å². The van der Waals surface area contributed by atoms with E-state index >= 15 is 0 Å². The number of aromatic carboxylic acids is 1. The number of aromatic nitrogens is 2. The van der Waals surface area contributed by atoms with Gasteiger partial charge in [-0.15, -0.1) is 0 Å². The molecular formula is C24H29N3O4. The van der Waals surface area contributed by atoms with Crippen LogP contribution in [-0.4, -0.2) is 44.0 Å². The molecule has 0 spiro atoms. The topological polar surface area (TPSA) is 84.7 Å². The summed E-state index contributed by atoms with van der Waals surface area (Å²) in [5.41, 5.74) is 2.81. The van der Waals surface area contributed by atoms with Gasteiger partial charge in [0, 0.05) is 13.1 Å². The van der Waals surface area contributed by atoms with E-state index in [1.807, 2.05) is 32.9 Å². The zero-order chi connectivity index (χ0) is 22.6. The van der Waals surface area contributed by atoms with Crippen molar-refractivity contribution in [2.75, 3.05) is 6.54 Å². The van der Waals surface area contributed by atoms with Gasteiger partial charge in [0.05, 0.1) is 11.4 Å². The molecule has 1 amide bonds. The number of allylic oxidation sites excluding steroid dienone is 2. The highest BCUT2D eigenvalue weighted by Crippen LogP contribution is 2.19. The fourth-order valence-electron chi connectivity index (χ4n) is 3.33.